The molecule has 0 aromatic heterocycles. The summed E-state index contributed by atoms with van der Waals surface area (Å²) in [6.45, 7) is 0. The van der Waals surface area contributed by atoms with E-state index in [-0.39, 0.29) is 11.3 Å². The molecular formula is C9H6F3NO2. The molecule has 1 unspecified atom stereocenters. The number of carbonyl (C=O) groups is 1. The largest absolute Gasteiger partial charge is 0.431 e. The third-order valence-electron chi connectivity index (χ3n) is 2.00. The number of cyclic esters (lactones) is 1. The zero-order valence-corrected chi connectivity index (χ0v) is 7.34. The molecule has 15 heavy (non-hydrogen) atoms. The molecule has 1 aromatic carbocycles. The van der Waals surface area contributed by atoms with Crippen LogP contribution in [0.15, 0.2) is 24.3 Å². The van der Waals surface area contributed by atoms with Gasteiger partial charge in [0.25, 0.3) is 0 Å². The van der Waals surface area contributed by atoms with Crippen molar-refractivity contribution in [3.8, 4) is 0 Å². The van der Waals surface area contributed by atoms with Gasteiger partial charge in [0.05, 0.1) is 5.69 Å². The lowest BCUT2D eigenvalue weighted by Gasteiger charge is -2.27. The Morgan fingerprint density at radius 1 is 1.27 bits per heavy atom. The van der Waals surface area contributed by atoms with Gasteiger partial charge < -0.3 is 4.74 Å². The van der Waals surface area contributed by atoms with E-state index in [0.717, 1.165) is 0 Å². The van der Waals surface area contributed by atoms with Crippen molar-refractivity contribution in [1.29, 1.82) is 0 Å². The van der Waals surface area contributed by atoms with Crippen LogP contribution in [0.25, 0.3) is 0 Å². The number of halogens is 3. The van der Waals surface area contributed by atoms with Crippen LogP contribution < -0.4 is 5.32 Å². The highest BCUT2D eigenvalue weighted by atomic mass is 19.4. The molecule has 6 heteroatoms. The van der Waals surface area contributed by atoms with E-state index in [9.17, 15) is 18.0 Å². The Balaban J connectivity index is 2.47. The van der Waals surface area contributed by atoms with Gasteiger partial charge in [0.15, 0.2) is 0 Å². The van der Waals surface area contributed by atoms with E-state index < -0.39 is 18.4 Å². The molecule has 0 fully saturated rings. The van der Waals surface area contributed by atoms with Gasteiger partial charge in [0.1, 0.15) is 0 Å². The fourth-order valence-electron chi connectivity index (χ4n) is 1.39. The summed E-state index contributed by atoms with van der Waals surface area (Å²) in [4.78, 5) is 10.8. The van der Waals surface area contributed by atoms with E-state index >= 15 is 0 Å². The zero-order valence-electron chi connectivity index (χ0n) is 7.34. The van der Waals surface area contributed by atoms with Gasteiger partial charge in [-0.15, -0.1) is 0 Å². The van der Waals surface area contributed by atoms with Gasteiger partial charge in [-0.3, -0.25) is 5.32 Å². The maximum absolute atomic E-state index is 12.5. The van der Waals surface area contributed by atoms with Crippen LogP contribution in [0.2, 0.25) is 0 Å². The van der Waals surface area contributed by atoms with Gasteiger partial charge in [-0.1, -0.05) is 18.2 Å². The second-order valence-corrected chi connectivity index (χ2v) is 3.04. The molecule has 0 radical (unpaired) electrons. The third kappa shape index (κ3) is 1.74. The number of rotatable bonds is 0. The molecule has 1 N–H and O–H groups in total. The van der Waals surface area contributed by atoms with Gasteiger partial charge in [-0.2, -0.15) is 13.2 Å². The molecule has 80 valence electrons. The predicted octanol–water partition coefficient (Wildman–Crippen LogP) is 2.85. The first-order chi connectivity index (χ1) is 6.98. The van der Waals surface area contributed by atoms with Crippen molar-refractivity contribution in [2.45, 2.75) is 12.3 Å². The lowest BCUT2D eigenvalue weighted by molar-refractivity contribution is -0.206. The molecule has 0 bridgehead atoms. The van der Waals surface area contributed by atoms with Crippen molar-refractivity contribution >= 4 is 11.8 Å². The second kappa shape index (κ2) is 3.15. The van der Waals surface area contributed by atoms with Gasteiger partial charge in [-0.25, -0.2) is 4.79 Å². The van der Waals surface area contributed by atoms with E-state index in [1.54, 1.807) is 0 Å². The minimum absolute atomic E-state index is 0.0791. The highest BCUT2D eigenvalue weighted by Crippen LogP contribution is 2.41. The number of nitrogens with one attached hydrogen (secondary N) is 1. The summed E-state index contributed by atoms with van der Waals surface area (Å²) < 4.78 is 41.7. The molecule has 1 aliphatic rings. The van der Waals surface area contributed by atoms with Crippen molar-refractivity contribution < 1.29 is 22.7 Å². The van der Waals surface area contributed by atoms with Crippen molar-refractivity contribution in [3.63, 3.8) is 0 Å². The average Bonchev–Trinajstić information content (AvgIpc) is 2.15. The molecule has 1 amide bonds. The molecular weight excluding hydrogens is 211 g/mol. The second-order valence-electron chi connectivity index (χ2n) is 3.04. The van der Waals surface area contributed by atoms with E-state index in [4.69, 9.17) is 0 Å². The Kier molecular flexibility index (Phi) is 2.06. The first-order valence-corrected chi connectivity index (χ1v) is 4.12. The van der Waals surface area contributed by atoms with Crippen LogP contribution in [-0.2, 0) is 4.74 Å². The summed E-state index contributed by atoms with van der Waals surface area (Å²) in [5, 5.41) is 2.20. The van der Waals surface area contributed by atoms with Crippen LogP contribution in [0, 0.1) is 0 Å². The van der Waals surface area contributed by atoms with Crippen LogP contribution >= 0.6 is 0 Å². The Bertz CT molecular complexity index is 403. The Hall–Kier alpha value is -1.72. The van der Waals surface area contributed by atoms with Gasteiger partial charge in [-0.05, 0) is 6.07 Å². The van der Waals surface area contributed by atoms with Gasteiger partial charge in [0.2, 0.25) is 6.10 Å². The fourth-order valence-corrected chi connectivity index (χ4v) is 1.39. The molecule has 0 saturated heterocycles. The number of amides is 1. The van der Waals surface area contributed by atoms with Crippen LogP contribution in [0.3, 0.4) is 0 Å². The van der Waals surface area contributed by atoms with Crippen molar-refractivity contribution in [3.05, 3.63) is 29.8 Å². The Labute approximate surface area is 82.8 Å². The molecule has 0 aliphatic carbocycles. The van der Waals surface area contributed by atoms with Crippen molar-refractivity contribution in [1.82, 2.24) is 0 Å². The number of fused-ring (bicyclic) bond motifs is 1. The molecule has 1 aliphatic heterocycles. The number of carbonyl (C=O) groups excluding carboxylic acids is 1. The molecule has 0 spiro atoms. The molecule has 1 atom stereocenters. The summed E-state index contributed by atoms with van der Waals surface area (Å²) >= 11 is 0. The normalized spacial score (nSPS) is 20.2. The molecule has 0 saturated carbocycles. The summed E-state index contributed by atoms with van der Waals surface area (Å²) in [7, 11) is 0. The quantitative estimate of drug-likeness (QED) is 0.725. The summed E-state index contributed by atoms with van der Waals surface area (Å²) in [6, 6.07) is 5.66. The summed E-state index contributed by atoms with van der Waals surface area (Å²) in [5.41, 5.74) is 0.0562. The third-order valence-corrected chi connectivity index (χ3v) is 2.00. The number of hydrogen-bond donors (Lipinski definition) is 1. The topological polar surface area (TPSA) is 38.3 Å². The molecule has 3 nitrogen and oxygen atoms in total. The van der Waals surface area contributed by atoms with Gasteiger partial charge in [0, 0.05) is 5.56 Å². The lowest BCUT2D eigenvalue weighted by atomic mass is 10.1. The predicted molar refractivity (Wildman–Crippen MR) is 45.3 cm³/mol. The van der Waals surface area contributed by atoms with E-state index in [1.165, 1.54) is 24.3 Å². The Morgan fingerprint density at radius 2 is 1.93 bits per heavy atom. The molecule has 1 heterocycles. The van der Waals surface area contributed by atoms with Gasteiger partial charge >= 0.3 is 12.3 Å². The van der Waals surface area contributed by atoms with Crippen molar-refractivity contribution in [2.75, 3.05) is 5.32 Å². The maximum Gasteiger partial charge on any atom is 0.430 e. The zero-order chi connectivity index (χ0) is 11.1. The first-order valence-electron chi connectivity index (χ1n) is 4.12. The molecule has 2 rings (SSSR count). The SMILES string of the molecule is O=C1Nc2ccccc2C(C(F)(F)F)O1. The summed E-state index contributed by atoms with van der Waals surface area (Å²) in [5.74, 6) is 0. The van der Waals surface area contributed by atoms with E-state index in [2.05, 4.69) is 10.1 Å². The number of hydrogen-bond acceptors (Lipinski definition) is 2. The number of anilines is 1. The number of ether oxygens (including phenoxy) is 1. The molecule has 1 aromatic rings. The number of para-hydroxylation sites is 1. The fraction of sp³-hybridized carbons (Fsp3) is 0.222. The average molecular weight is 217 g/mol. The maximum atomic E-state index is 12.5. The van der Waals surface area contributed by atoms with Crippen LogP contribution in [0.1, 0.15) is 11.7 Å². The Morgan fingerprint density at radius 3 is 2.60 bits per heavy atom. The monoisotopic (exact) mass is 217 g/mol. The lowest BCUT2D eigenvalue weighted by Crippen LogP contribution is -2.33. The van der Waals surface area contributed by atoms with E-state index in [1.807, 2.05) is 0 Å². The van der Waals surface area contributed by atoms with Crippen LogP contribution in [0.5, 0.6) is 0 Å². The van der Waals surface area contributed by atoms with Crippen LogP contribution in [-0.4, -0.2) is 12.3 Å². The highest BCUT2D eigenvalue weighted by Gasteiger charge is 2.47. The van der Waals surface area contributed by atoms with Crippen LogP contribution in [0.4, 0.5) is 23.7 Å². The minimum Gasteiger partial charge on any atom is -0.431 e. The number of benzene rings is 1. The summed E-state index contributed by atoms with van der Waals surface area (Å²) in [6.07, 6.45) is -7.85. The number of alkyl halides is 3. The first kappa shape index (κ1) is 9.82. The minimum atomic E-state index is -4.59. The smallest absolute Gasteiger partial charge is 0.430 e. The van der Waals surface area contributed by atoms with Crippen molar-refractivity contribution in [2.24, 2.45) is 0 Å². The standard InChI is InChI=1S/C9H6F3NO2/c10-9(11,12)7-5-3-1-2-4-6(5)13-8(14)15-7/h1-4,7H,(H,13,14). The highest BCUT2D eigenvalue weighted by molar-refractivity contribution is 5.88. The van der Waals surface area contributed by atoms with E-state index in [0.29, 0.717) is 0 Å².